The number of nitrogen functional groups attached to an aromatic ring is 1. The average molecular weight is 297 g/mol. The Morgan fingerprint density at radius 2 is 1.84 bits per heavy atom. The van der Waals surface area contributed by atoms with Crippen molar-refractivity contribution >= 4 is 35.0 Å². The Balaban J connectivity index is 2.70. The van der Waals surface area contributed by atoms with Crippen LogP contribution in [-0.4, -0.2) is 16.1 Å². The van der Waals surface area contributed by atoms with Gasteiger partial charge in [0.15, 0.2) is 0 Å². The van der Waals surface area contributed by atoms with Crippen LogP contribution in [0.3, 0.4) is 0 Å². The van der Waals surface area contributed by atoms with E-state index in [-0.39, 0.29) is 12.2 Å². The molecule has 0 saturated carbocycles. The third-order valence-corrected chi connectivity index (χ3v) is 3.25. The molecule has 0 aliphatic heterocycles. The second-order valence-corrected chi connectivity index (χ2v) is 4.71. The quantitative estimate of drug-likeness (QED) is 0.911. The number of hydrogen-bond acceptors (Lipinski definition) is 3. The summed E-state index contributed by atoms with van der Waals surface area (Å²) in [7, 11) is 0. The van der Waals surface area contributed by atoms with Crippen molar-refractivity contribution < 1.29 is 9.90 Å². The number of rotatable bonds is 3. The molecule has 2 aromatic rings. The lowest BCUT2D eigenvalue weighted by molar-refractivity contribution is -0.136. The molecule has 0 amide bonds. The summed E-state index contributed by atoms with van der Waals surface area (Å²) in [4.78, 5) is 14.9. The predicted octanol–water partition coefficient (Wildman–Crippen LogP) is 3.26. The fraction of sp³-hybridized carbons (Fsp3) is 0.0769. The van der Waals surface area contributed by atoms with Gasteiger partial charge in [0.1, 0.15) is 5.82 Å². The van der Waals surface area contributed by atoms with E-state index in [0.717, 1.165) is 0 Å². The van der Waals surface area contributed by atoms with E-state index in [1.165, 1.54) is 6.20 Å². The average Bonchev–Trinajstić information content (AvgIpc) is 2.31. The summed E-state index contributed by atoms with van der Waals surface area (Å²) < 4.78 is 0. The lowest BCUT2D eigenvalue weighted by atomic mass is 9.98. The van der Waals surface area contributed by atoms with Crippen LogP contribution in [0, 0.1) is 0 Å². The minimum Gasteiger partial charge on any atom is -0.481 e. The Labute approximate surface area is 119 Å². The van der Waals surface area contributed by atoms with Crippen molar-refractivity contribution in [3.8, 4) is 11.1 Å². The molecule has 0 unspecified atom stereocenters. The van der Waals surface area contributed by atoms with E-state index in [2.05, 4.69) is 4.98 Å². The second kappa shape index (κ2) is 5.47. The number of carbonyl (C=O) groups is 1. The van der Waals surface area contributed by atoms with Crippen LogP contribution in [0.2, 0.25) is 10.0 Å². The molecule has 4 nitrogen and oxygen atoms in total. The highest BCUT2D eigenvalue weighted by Gasteiger charge is 2.17. The molecule has 1 heterocycles. The van der Waals surface area contributed by atoms with Gasteiger partial charge in [0.05, 0.1) is 16.5 Å². The van der Waals surface area contributed by atoms with Crippen LogP contribution in [0.5, 0.6) is 0 Å². The molecule has 6 heteroatoms. The molecular weight excluding hydrogens is 287 g/mol. The molecule has 0 atom stereocenters. The summed E-state index contributed by atoms with van der Waals surface area (Å²) in [6.07, 6.45) is 1.28. The molecule has 19 heavy (non-hydrogen) atoms. The maximum Gasteiger partial charge on any atom is 0.307 e. The van der Waals surface area contributed by atoms with Gasteiger partial charge in [-0.05, 0) is 23.8 Å². The van der Waals surface area contributed by atoms with Crippen LogP contribution in [0.1, 0.15) is 5.56 Å². The number of nitrogens with zero attached hydrogens (tertiary/aromatic N) is 1. The Morgan fingerprint density at radius 1 is 1.21 bits per heavy atom. The Morgan fingerprint density at radius 3 is 2.42 bits per heavy atom. The van der Waals surface area contributed by atoms with Crippen LogP contribution in [0.25, 0.3) is 11.1 Å². The molecule has 3 N–H and O–H groups in total. The van der Waals surface area contributed by atoms with Crippen molar-refractivity contribution in [2.24, 2.45) is 0 Å². The molecule has 2 rings (SSSR count). The number of anilines is 1. The maximum absolute atomic E-state index is 10.9. The summed E-state index contributed by atoms with van der Waals surface area (Å²) in [5.74, 6) is -0.760. The number of pyridine rings is 1. The van der Waals surface area contributed by atoms with Gasteiger partial charge in [0.2, 0.25) is 0 Å². The monoisotopic (exact) mass is 296 g/mol. The van der Waals surface area contributed by atoms with Gasteiger partial charge in [-0.2, -0.15) is 0 Å². The highest BCUT2D eigenvalue weighted by Crippen LogP contribution is 2.39. The van der Waals surface area contributed by atoms with Gasteiger partial charge in [-0.1, -0.05) is 29.3 Å². The summed E-state index contributed by atoms with van der Waals surface area (Å²) in [6, 6.07) is 6.64. The van der Waals surface area contributed by atoms with Crippen molar-refractivity contribution in [2.45, 2.75) is 6.42 Å². The first-order valence-electron chi connectivity index (χ1n) is 5.40. The van der Waals surface area contributed by atoms with Gasteiger partial charge in [-0.15, -0.1) is 0 Å². The topological polar surface area (TPSA) is 76.2 Å². The van der Waals surface area contributed by atoms with E-state index >= 15 is 0 Å². The smallest absolute Gasteiger partial charge is 0.307 e. The molecule has 0 saturated heterocycles. The minimum atomic E-state index is -0.963. The third-order valence-electron chi connectivity index (χ3n) is 2.62. The predicted molar refractivity (Wildman–Crippen MR) is 75.4 cm³/mol. The lowest BCUT2D eigenvalue weighted by Crippen LogP contribution is -2.05. The Bertz CT molecular complexity index is 624. The van der Waals surface area contributed by atoms with Gasteiger partial charge >= 0.3 is 5.97 Å². The normalized spacial score (nSPS) is 10.4. The first kappa shape index (κ1) is 13.6. The van der Waals surface area contributed by atoms with Gasteiger partial charge in [-0.3, -0.25) is 4.79 Å². The SMILES string of the molecule is Nc1nccc(CC(=O)O)c1-c1c(Cl)cccc1Cl. The van der Waals surface area contributed by atoms with Gasteiger partial charge in [0.25, 0.3) is 0 Å². The standard InChI is InChI=1S/C13H10Cl2N2O2/c14-8-2-1-3-9(15)12(8)11-7(6-10(18)19)4-5-17-13(11)16/h1-5H,6H2,(H2,16,17)(H,18,19). The molecule has 0 spiro atoms. The summed E-state index contributed by atoms with van der Waals surface area (Å²) in [6.45, 7) is 0. The number of benzene rings is 1. The molecule has 0 bridgehead atoms. The number of carboxylic acid groups (broad SMARTS) is 1. The summed E-state index contributed by atoms with van der Waals surface area (Å²) in [5, 5.41) is 9.74. The number of halogens is 2. The largest absolute Gasteiger partial charge is 0.481 e. The molecule has 1 aromatic heterocycles. The molecule has 0 aliphatic rings. The highest BCUT2D eigenvalue weighted by molar-refractivity contribution is 6.39. The van der Waals surface area contributed by atoms with E-state index in [0.29, 0.717) is 26.7 Å². The van der Waals surface area contributed by atoms with Crippen LogP contribution in [-0.2, 0) is 11.2 Å². The molecule has 98 valence electrons. The Hall–Kier alpha value is -1.78. The highest BCUT2D eigenvalue weighted by atomic mass is 35.5. The van der Waals surface area contributed by atoms with Crippen LogP contribution in [0.4, 0.5) is 5.82 Å². The number of aromatic nitrogens is 1. The summed E-state index contributed by atoms with van der Waals surface area (Å²) in [5.41, 5.74) is 7.35. The van der Waals surface area contributed by atoms with Crippen molar-refractivity contribution in [3.63, 3.8) is 0 Å². The molecular formula is C13H10Cl2N2O2. The molecule has 0 aliphatic carbocycles. The van der Waals surface area contributed by atoms with Crippen LogP contribution in [0.15, 0.2) is 30.5 Å². The van der Waals surface area contributed by atoms with E-state index in [1.807, 2.05) is 0 Å². The number of hydrogen-bond donors (Lipinski definition) is 2. The summed E-state index contributed by atoms with van der Waals surface area (Å²) >= 11 is 12.3. The van der Waals surface area contributed by atoms with Gasteiger partial charge < -0.3 is 10.8 Å². The zero-order valence-corrected chi connectivity index (χ0v) is 11.2. The third kappa shape index (κ3) is 2.80. The first-order chi connectivity index (χ1) is 9.00. The number of aliphatic carboxylic acids is 1. The van der Waals surface area contributed by atoms with Gasteiger partial charge in [-0.25, -0.2) is 4.98 Å². The molecule has 1 aromatic carbocycles. The fourth-order valence-corrected chi connectivity index (χ4v) is 2.44. The number of nitrogens with two attached hydrogens (primary N) is 1. The zero-order chi connectivity index (χ0) is 14.0. The second-order valence-electron chi connectivity index (χ2n) is 3.90. The maximum atomic E-state index is 10.9. The van der Waals surface area contributed by atoms with E-state index < -0.39 is 5.97 Å². The number of carboxylic acids is 1. The van der Waals surface area contributed by atoms with E-state index in [9.17, 15) is 4.79 Å². The van der Waals surface area contributed by atoms with Crippen molar-refractivity contribution in [1.82, 2.24) is 4.98 Å². The first-order valence-corrected chi connectivity index (χ1v) is 6.16. The van der Waals surface area contributed by atoms with E-state index in [1.54, 1.807) is 24.3 Å². The van der Waals surface area contributed by atoms with Crippen LogP contribution < -0.4 is 5.73 Å². The van der Waals surface area contributed by atoms with Gasteiger partial charge in [0, 0.05) is 17.3 Å². The van der Waals surface area contributed by atoms with Crippen LogP contribution >= 0.6 is 23.2 Å². The fourth-order valence-electron chi connectivity index (χ4n) is 1.86. The lowest BCUT2D eigenvalue weighted by Gasteiger charge is -2.13. The Kier molecular flexibility index (Phi) is 3.93. The van der Waals surface area contributed by atoms with Crippen molar-refractivity contribution in [1.29, 1.82) is 0 Å². The molecule has 0 fully saturated rings. The minimum absolute atomic E-state index is 0.177. The van der Waals surface area contributed by atoms with Crippen molar-refractivity contribution in [2.75, 3.05) is 5.73 Å². The van der Waals surface area contributed by atoms with E-state index in [4.69, 9.17) is 34.0 Å². The zero-order valence-electron chi connectivity index (χ0n) is 9.73. The van der Waals surface area contributed by atoms with Crippen molar-refractivity contribution in [3.05, 3.63) is 46.1 Å². The molecule has 0 radical (unpaired) electrons.